The van der Waals surface area contributed by atoms with Crippen molar-refractivity contribution in [3.63, 3.8) is 0 Å². The summed E-state index contributed by atoms with van der Waals surface area (Å²) in [4.78, 5) is 22.2. The third-order valence-corrected chi connectivity index (χ3v) is 3.83. The average Bonchev–Trinajstić information content (AvgIpc) is 2.76. The fraction of sp³-hybridized carbons (Fsp3) is 0.154. The van der Waals surface area contributed by atoms with E-state index in [0.29, 0.717) is 16.9 Å². The molecule has 0 aliphatic carbocycles. The molecule has 0 bridgehead atoms. The third-order valence-electron chi connectivity index (χ3n) is 2.90. The van der Waals surface area contributed by atoms with Gasteiger partial charge in [-0.15, -0.1) is 0 Å². The number of carbonyl (C=O) groups excluding carboxylic acids is 1. The molecule has 0 aliphatic rings. The van der Waals surface area contributed by atoms with Gasteiger partial charge in [-0.3, -0.25) is 4.79 Å². The van der Waals surface area contributed by atoms with Gasteiger partial charge in [0.05, 0.1) is 22.0 Å². The Kier molecular flexibility index (Phi) is 4.53. The van der Waals surface area contributed by atoms with Crippen LogP contribution in [0.15, 0.2) is 28.7 Å². The molecule has 0 unspecified atom stereocenters. The highest BCUT2D eigenvalue weighted by Crippen LogP contribution is 2.26. The summed E-state index contributed by atoms with van der Waals surface area (Å²) in [6.07, 6.45) is 0. The molecular weight excluding hydrogens is 354 g/mol. The van der Waals surface area contributed by atoms with Crippen LogP contribution in [0, 0.1) is 28.4 Å². The number of hydrogen-bond donors (Lipinski definition) is 1. The predicted molar refractivity (Wildman–Crippen MR) is 81.1 cm³/mol. The van der Waals surface area contributed by atoms with Gasteiger partial charge in [0.25, 0.3) is 0 Å². The van der Waals surface area contributed by atoms with E-state index in [9.17, 15) is 14.9 Å². The first-order valence-electron chi connectivity index (χ1n) is 6.10. The Hall–Kier alpha value is -2.73. The van der Waals surface area contributed by atoms with Crippen LogP contribution >= 0.6 is 15.9 Å². The van der Waals surface area contributed by atoms with E-state index in [0.717, 1.165) is 0 Å². The lowest BCUT2D eigenvalue weighted by atomic mass is 10.2. The molecule has 0 fully saturated rings. The molecule has 22 heavy (non-hydrogen) atoms. The maximum Gasteiger partial charge on any atom is 0.404 e. The fourth-order valence-corrected chi connectivity index (χ4v) is 2.22. The van der Waals surface area contributed by atoms with E-state index in [1.807, 2.05) is 6.07 Å². The maximum atomic E-state index is 12.0. The maximum absolute atomic E-state index is 12.0. The zero-order chi connectivity index (χ0) is 16.3. The van der Waals surface area contributed by atoms with Crippen molar-refractivity contribution in [2.24, 2.45) is 0 Å². The number of halogens is 1. The van der Waals surface area contributed by atoms with Crippen LogP contribution in [0.25, 0.3) is 0 Å². The molecule has 112 valence electrons. The first-order chi connectivity index (χ1) is 10.4. The molecule has 0 atom stereocenters. The van der Waals surface area contributed by atoms with Crippen molar-refractivity contribution in [2.45, 2.75) is 13.5 Å². The third kappa shape index (κ3) is 3.12. The van der Waals surface area contributed by atoms with Crippen molar-refractivity contribution >= 4 is 33.3 Å². The van der Waals surface area contributed by atoms with Crippen LogP contribution in [0.1, 0.15) is 11.3 Å². The van der Waals surface area contributed by atoms with E-state index in [-0.39, 0.29) is 16.8 Å². The summed E-state index contributed by atoms with van der Waals surface area (Å²) in [5.74, 6) is -0.779. The van der Waals surface area contributed by atoms with Crippen molar-refractivity contribution < 1.29 is 9.72 Å². The number of nitrogens with one attached hydrogen (secondary N) is 1. The number of anilines is 1. The highest BCUT2D eigenvalue weighted by atomic mass is 79.9. The van der Waals surface area contributed by atoms with Crippen molar-refractivity contribution in [1.29, 1.82) is 5.26 Å². The van der Waals surface area contributed by atoms with Gasteiger partial charge >= 0.3 is 5.82 Å². The molecule has 0 radical (unpaired) electrons. The van der Waals surface area contributed by atoms with Gasteiger partial charge in [-0.1, -0.05) is 12.1 Å². The largest absolute Gasteiger partial charge is 0.404 e. The minimum Gasteiger partial charge on any atom is -0.358 e. The van der Waals surface area contributed by atoms with E-state index >= 15 is 0 Å². The van der Waals surface area contributed by atoms with Gasteiger partial charge in [0.15, 0.2) is 0 Å². The summed E-state index contributed by atoms with van der Waals surface area (Å²) in [6, 6.07) is 8.53. The van der Waals surface area contributed by atoms with Gasteiger partial charge in [-0.2, -0.15) is 9.94 Å². The normalized spacial score (nSPS) is 10.0. The second-order valence-corrected chi connectivity index (χ2v) is 5.14. The van der Waals surface area contributed by atoms with Crippen molar-refractivity contribution in [2.75, 3.05) is 5.32 Å². The second kappa shape index (κ2) is 6.36. The summed E-state index contributed by atoms with van der Waals surface area (Å²) in [6.45, 7) is 1.42. The van der Waals surface area contributed by atoms with Gasteiger partial charge in [0, 0.05) is 0 Å². The number of nitro groups is 1. The van der Waals surface area contributed by atoms with Crippen LogP contribution in [0.4, 0.5) is 11.5 Å². The van der Waals surface area contributed by atoms with Crippen molar-refractivity contribution in [3.05, 3.63) is 50.1 Å². The quantitative estimate of drug-likeness (QED) is 0.661. The summed E-state index contributed by atoms with van der Waals surface area (Å²) < 4.78 is 1.47. The molecule has 0 saturated heterocycles. The summed E-state index contributed by atoms with van der Waals surface area (Å²) in [5, 5.41) is 26.1. The molecule has 1 aromatic heterocycles. The Balaban J connectivity index is 2.18. The molecule has 9 heteroatoms. The molecule has 8 nitrogen and oxygen atoms in total. The van der Waals surface area contributed by atoms with E-state index in [1.54, 1.807) is 31.2 Å². The van der Waals surface area contributed by atoms with E-state index < -0.39 is 10.8 Å². The number of aromatic nitrogens is 2. The minimum atomic E-state index is -0.629. The summed E-state index contributed by atoms with van der Waals surface area (Å²) in [7, 11) is 0. The average molecular weight is 364 g/mol. The smallest absolute Gasteiger partial charge is 0.358 e. The lowest BCUT2D eigenvalue weighted by Crippen LogP contribution is -2.20. The Morgan fingerprint density at radius 1 is 1.55 bits per heavy atom. The molecule has 1 N–H and O–H groups in total. The van der Waals surface area contributed by atoms with Crippen LogP contribution in [-0.2, 0) is 11.3 Å². The number of carbonyl (C=O) groups is 1. The van der Waals surface area contributed by atoms with Crippen LogP contribution in [0.5, 0.6) is 0 Å². The number of hydrogen-bond acceptors (Lipinski definition) is 5. The molecule has 0 saturated carbocycles. The molecule has 2 aromatic rings. The Bertz CT molecular complexity index is 793. The number of para-hydroxylation sites is 1. The molecular formula is C13H10BrN5O3. The standard InChI is InChI=1S/C13H10BrN5O3/c1-8-12(14)13(19(21)22)17-18(8)7-11(20)16-10-5-3-2-4-9(10)6-15/h2-5H,7H2,1H3,(H,16,20). The van der Waals surface area contributed by atoms with Crippen molar-refractivity contribution in [1.82, 2.24) is 9.78 Å². The monoisotopic (exact) mass is 363 g/mol. The Labute approximate surface area is 133 Å². The molecule has 1 aromatic carbocycles. The summed E-state index contributed by atoms with van der Waals surface area (Å²) >= 11 is 3.08. The molecule has 1 heterocycles. The molecule has 1 amide bonds. The van der Waals surface area contributed by atoms with Crippen LogP contribution in [-0.4, -0.2) is 20.6 Å². The predicted octanol–water partition coefficient (Wildman–Crippen LogP) is 2.37. The highest BCUT2D eigenvalue weighted by Gasteiger charge is 2.24. The number of nitrogens with zero attached hydrogens (tertiary/aromatic N) is 4. The zero-order valence-corrected chi connectivity index (χ0v) is 13.0. The molecule has 0 spiro atoms. The molecule has 0 aliphatic heterocycles. The first-order valence-corrected chi connectivity index (χ1v) is 6.89. The molecule has 2 rings (SSSR count). The number of rotatable bonds is 4. The Morgan fingerprint density at radius 3 is 2.82 bits per heavy atom. The lowest BCUT2D eigenvalue weighted by Gasteiger charge is -2.06. The number of nitriles is 1. The summed E-state index contributed by atoms with van der Waals surface area (Å²) in [5.41, 5.74) is 1.18. The van der Waals surface area contributed by atoms with Crippen LogP contribution < -0.4 is 5.32 Å². The van der Waals surface area contributed by atoms with E-state index in [1.165, 1.54) is 4.68 Å². The van der Waals surface area contributed by atoms with Crippen LogP contribution in [0.2, 0.25) is 0 Å². The SMILES string of the molecule is Cc1c(Br)c([N+](=O)[O-])nn1CC(=O)Nc1ccccc1C#N. The highest BCUT2D eigenvalue weighted by molar-refractivity contribution is 9.10. The first kappa shape index (κ1) is 15.7. The van der Waals surface area contributed by atoms with Gasteiger partial charge in [0.2, 0.25) is 5.91 Å². The zero-order valence-electron chi connectivity index (χ0n) is 11.4. The lowest BCUT2D eigenvalue weighted by molar-refractivity contribution is -0.390. The van der Waals surface area contributed by atoms with Crippen LogP contribution in [0.3, 0.4) is 0 Å². The fourth-order valence-electron chi connectivity index (χ4n) is 1.79. The number of benzene rings is 1. The topological polar surface area (TPSA) is 114 Å². The van der Waals surface area contributed by atoms with Gasteiger partial charge in [-0.05, 0) is 39.9 Å². The number of amides is 1. The van der Waals surface area contributed by atoms with Gasteiger partial charge in [-0.25, -0.2) is 0 Å². The van der Waals surface area contributed by atoms with Gasteiger partial charge < -0.3 is 15.4 Å². The second-order valence-electron chi connectivity index (χ2n) is 4.34. The van der Waals surface area contributed by atoms with E-state index in [4.69, 9.17) is 5.26 Å². The van der Waals surface area contributed by atoms with E-state index in [2.05, 4.69) is 26.3 Å². The van der Waals surface area contributed by atoms with Gasteiger partial charge in [0.1, 0.15) is 17.1 Å². The Morgan fingerprint density at radius 2 is 2.23 bits per heavy atom. The minimum absolute atomic E-state index is 0.196. The van der Waals surface area contributed by atoms with Crippen molar-refractivity contribution in [3.8, 4) is 6.07 Å².